The summed E-state index contributed by atoms with van der Waals surface area (Å²) < 4.78 is 16.4. The van der Waals surface area contributed by atoms with E-state index >= 15 is 0 Å². The molecule has 0 saturated carbocycles. The molecule has 1 aromatic carbocycles. The molecule has 0 aliphatic rings. The van der Waals surface area contributed by atoms with Gasteiger partial charge in [0.2, 0.25) is 5.88 Å². The van der Waals surface area contributed by atoms with Crippen molar-refractivity contribution in [2.24, 2.45) is 5.73 Å². The molecular formula is C16H20N2O3. The Morgan fingerprint density at radius 3 is 2.48 bits per heavy atom. The summed E-state index contributed by atoms with van der Waals surface area (Å²) in [5, 5.41) is 0. The standard InChI is InChI=1S/C16H20N2O3/c1-3-20-15-8-12(9-17)4-6-14(15)21-11-13-5-7-16(19-2)18-10-13/h4-8,10H,3,9,11,17H2,1-2H3. The largest absolute Gasteiger partial charge is 0.490 e. The third-order valence-electron chi connectivity index (χ3n) is 2.94. The zero-order valence-electron chi connectivity index (χ0n) is 12.3. The van der Waals surface area contributed by atoms with Gasteiger partial charge in [0.15, 0.2) is 11.5 Å². The second-order valence-electron chi connectivity index (χ2n) is 4.42. The third kappa shape index (κ3) is 4.10. The van der Waals surface area contributed by atoms with Gasteiger partial charge in [0.25, 0.3) is 0 Å². The zero-order valence-corrected chi connectivity index (χ0v) is 12.3. The van der Waals surface area contributed by atoms with Crippen molar-refractivity contribution in [2.75, 3.05) is 13.7 Å². The van der Waals surface area contributed by atoms with Crippen molar-refractivity contribution in [3.63, 3.8) is 0 Å². The average Bonchev–Trinajstić information content (AvgIpc) is 2.54. The quantitative estimate of drug-likeness (QED) is 0.848. The summed E-state index contributed by atoms with van der Waals surface area (Å²) in [6.45, 7) is 3.41. The van der Waals surface area contributed by atoms with Gasteiger partial charge in [0.1, 0.15) is 6.61 Å². The molecule has 112 valence electrons. The van der Waals surface area contributed by atoms with Crippen LogP contribution in [0.5, 0.6) is 17.4 Å². The van der Waals surface area contributed by atoms with Gasteiger partial charge in [-0.05, 0) is 30.7 Å². The smallest absolute Gasteiger partial charge is 0.212 e. The fourth-order valence-corrected chi connectivity index (χ4v) is 1.85. The Morgan fingerprint density at radius 1 is 1.05 bits per heavy atom. The molecule has 2 N–H and O–H groups in total. The van der Waals surface area contributed by atoms with Gasteiger partial charge in [-0.3, -0.25) is 0 Å². The van der Waals surface area contributed by atoms with Crippen molar-refractivity contribution in [1.82, 2.24) is 4.98 Å². The molecule has 0 aliphatic heterocycles. The summed E-state index contributed by atoms with van der Waals surface area (Å²) in [4.78, 5) is 4.15. The first-order chi connectivity index (χ1) is 10.3. The lowest BCUT2D eigenvalue weighted by atomic mass is 10.2. The summed E-state index contributed by atoms with van der Waals surface area (Å²) in [5.74, 6) is 1.99. The maximum atomic E-state index is 5.80. The molecule has 2 rings (SSSR count). The highest BCUT2D eigenvalue weighted by molar-refractivity contribution is 5.43. The van der Waals surface area contributed by atoms with Crippen LogP contribution in [0.15, 0.2) is 36.5 Å². The van der Waals surface area contributed by atoms with Gasteiger partial charge >= 0.3 is 0 Å². The van der Waals surface area contributed by atoms with E-state index < -0.39 is 0 Å². The number of nitrogens with zero attached hydrogens (tertiary/aromatic N) is 1. The van der Waals surface area contributed by atoms with E-state index in [0.29, 0.717) is 37.1 Å². The Kier molecular flexibility index (Phi) is 5.40. The Hall–Kier alpha value is -2.27. The summed E-state index contributed by atoms with van der Waals surface area (Å²) in [6, 6.07) is 9.44. The highest BCUT2D eigenvalue weighted by Crippen LogP contribution is 2.29. The maximum Gasteiger partial charge on any atom is 0.212 e. The van der Waals surface area contributed by atoms with E-state index in [1.807, 2.05) is 31.2 Å². The van der Waals surface area contributed by atoms with E-state index in [-0.39, 0.29) is 0 Å². The Labute approximate surface area is 124 Å². The minimum absolute atomic E-state index is 0.416. The first-order valence-corrected chi connectivity index (χ1v) is 6.84. The molecule has 0 radical (unpaired) electrons. The second kappa shape index (κ2) is 7.50. The number of aromatic nitrogens is 1. The van der Waals surface area contributed by atoms with Crippen LogP contribution in [-0.4, -0.2) is 18.7 Å². The van der Waals surface area contributed by atoms with Crippen molar-refractivity contribution in [1.29, 1.82) is 0 Å². The van der Waals surface area contributed by atoms with Crippen LogP contribution in [-0.2, 0) is 13.2 Å². The van der Waals surface area contributed by atoms with Crippen LogP contribution in [0.1, 0.15) is 18.1 Å². The number of pyridine rings is 1. The number of rotatable bonds is 7. The lowest BCUT2D eigenvalue weighted by molar-refractivity contribution is 0.268. The maximum absolute atomic E-state index is 5.80. The summed E-state index contributed by atoms with van der Waals surface area (Å²) in [6.07, 6.45) is 1.73. The van der Waals surface area contributed by atoms with Gasteiger partial charge in [-0.2, -0.15) is 0 Å². The van der Waals surface area contributed by atoms with E-state index in [4.69, 9.17) is 19.9 Å². The summed E-state index contributed by atoms with van der Waals surface area (Å²) in [7, 11) is 1.59. The molecule has 0 bridgehead atoms. The number of methoxy groups -OCH3 is 1. The minimum Gasteiger partial charge on any atom is -0.490 e. The van der Waals surface area contributed by atoms with Gasteiger partial charge < -0.3 is 19.9 Å². The molecule has 5 nitrogen and oxygen atoms in total. The molecule has 0 aliphatic carbocycles. The normalized spacial score (nSPS) is 10.2. The molecule has 0 amide bonds. The molecule has 2 aromatic rings. The van der Waals surface area contributed by atoms with E-state index in [1.165, 1.54) is 0 Å². The minimum atomic E-state index is 0.416. The van der Waals surface area contributed by atoms with Crippen LogP contribution < -0.4 is 19.9 Å². The van der Waals surface area contributed by atoms with Gasteiger partial charge in [-0.25, -0.2) is 4.98 Å². The highest BCUT2D eigenvalue weighted by Gasteiger charge is 2.07. The van der Waals surface area contributed by atoms with Crippen LogP contribution in [0.4, 0.5) is 0 Å². The molecule has 1 aromatic heterocycles. The SMILES string of the molecule is CCOc1cc(CN)ccc1OCc1ccc(OC)nc1. The lowest BCUT2D eigenvalue weighted by Crippen LogP contribution is -2.02. The second-order valence-corrected chi connectivity index (χ2v) is 4.42. The van der Waals surface area contributed by atoms with Crippen molar-refractivity contribution < 1.29 is 14.2 Å². The van der Waals surface area contributed by atoms with Crippen LogP contribution in [0.2, 0.25) is 0 Å². The topological polar surface area (TPSA) is 66.6 Å². The first-order valence-electron chi connectivity index (χ1n) is 6.84. The molecule has 21 heavy (non-hydrogen) atoms. The Bertz CT molecular complexity index is 570. The summed E-state index contributed by atoms with van der Waals surface area (Å²) in [5.41, 5.74) is 7.61. The average molecular weight is 288 g/mol. The predicted molar refractivity (Wildman–Crippen MR) is 80.6 cm³/mol. The van der Waals surface area contributed by atoms with Crippen LogP contribution in [0, 0.1) is 0 Å². The third-order valence-corrected chi connectivity index (χ3v) is 2.94. The molecule has 0 unspecified atom stereocenters. The number of ether oxygens (including phenoxy) is 3. The fourth-order valence-electron chi connectivity index (χ4n) is 1.85. The zero-order chi connectivity index (χ0) is 15.1. The number of hydrogen-bond donors (Lipinski definition) is 1. The van der Waals surface area contributed by atoms with E-state index in [1.54, 1.807) is 19.4 Å². The van der Waals surface area contributed by atoms with Crippen molar-refractivity contribution >= 4 is 0 Å². The van der Waals surface area contributed by atoms with Gasteiger partial charge in [0, 0.05) is 24.4 Å². The number of hydrogen-bond acceptors (Lipinski definition) is 5. The van der Waals surface area contributed by atoms with E-state index in [9.17, 15) is 0 Å². The van der Waals surface area contributed by atoms with Crippen LogP contribution in [0.3, 0.4) is 0 Å². The van der Waals surface area contributed by atoms with E-state index in [0.717, 1.165) is 11.1 Å². The molecule has 5 heteroatoms. The first kappa shape index (κ1) is 15.1. The van der Waals surface area contributed by atoms with E-state index in [2.05, 4.69) is 4.98 Å². The van der Waals surface area contributed by atoms with Crippen molar-refractivity contribution in [3.05, 3.63) is 47.7 Å². The Balaban J connectivity index is 2.07. The lowest BCUT2D eigenvalue weighted by Gasteiger charge is -2.13. The highest BCUT2D eigenvalue weighted by atomic mass is 16.5. The van der Waals surface area contributed by atoms with Crippen molar-refractivity contribution in [2.45, 2.75) is 20.1 Å². The van der Waals surface area contributed by atoms with Gasteiger partial charge in [-0.15, -0.1) is 0 Å². The number of nitrogens with two attached hydrogens (primary N) is 1. The fraction of sp³-hybridized carbons (Fsp3) is 0.312. The molecule has 0 saturated heterocycles. The monoisotopic (exact) mass is 288 g/mol. The van der Waals surface area contributed by atoms with Gasteiger partial charge in [-0.1, -0.05) is 6.07 Å². The molecule has 0 atom stereocenters. The summed E-state index contributed by atoms with van der Waals surface area (Å²) >= 11 is 0. The van der Waals surface area contributed by atoms with Crippen molar-refractivity contribution in [3.8, 4) is 17.4 Å². The Morgan fingerprint density at radius 2 is 1.86 bits per heavy atom. The molecule has 0 fully saturated rings. The van der Waals surface area contributed by atoms with Crippen LogP contribution >= 0.6 is 0 Å². The molecular weight excluding hydrogens is 268 g/mol. The van der Waals surface area contributed by atoms with Crippen LogP contribution in [0.25, 0.3) is 0 Å². The predicted octanol–water partition coefficient (Wildman–Crippen LogP) is 2.53. The molecule has 1 heterocycles. The molecule has 0 spiro atoms. The van der Waals surface area contributed by atoms with Gasteiger partial charge in [0.05, 0.1) is 13.7 Å². The number of benzene rings is 1.